The van der Waals surface area contributed by atoms with Crippen LogP contribution in [0, 0.1) is 0 Å². The Morgan fingerprint density at radius 1 is 1.56 bits per heavy atom. The maximum absolute atomic E-state index is 11.5. The Morgan fingerprint density at radius 3 is 2.88 bits per heavy atom. The zero-order valence-corrected chi connectivity index (χ0v) is 9.01. The Balaban J connectivity index is 2.62. The Hall–Kier alpha value is -1.75. The molecule has 0 saturated heterocycles. The molecule has 88 valence electrons. The summed E-state index contributed by atoms with van der Waals surface area (Å²) in [5, 5.41) is 18.4. The van der Waals surface area contributed by atoms with E-state index in [-0.39, 0.29) is 17.9 Å². The van der Waals surface area contributed by atoms with Crippen molar-refractivity contribution < 1.29 is 19.7 Å². The smallest absolute Gasteiger partial charge is 0.341 e. The summed E-state index contributed by atoms with van der Waals surface area (Å²) in [5.74, 6) is -0.818. The van der Waals surface area contributed by atoms with Crippen molar-refractivity contribution in [1.82, 2.24) is 0 Å². The zero-order chi connectivity index (χ0) is 12.1. The fourth-order valence-electron chi connectivity index (χ4n) is 1.12. The molecule has 4 N–H and O–H groups in total. The van der Waals surface area contributed by atoms with E-state index < -0.39 is 12.1 Å². The third kappa shape index (κ3) is 3.43. The molecule has 5 heteroatoms. The molecule has 0 amide bonds. The topological polar surface area (TPSA) is 92.8 Å². The average Bonchev–Trinajstić information content (AvgIpc) is 2.21. The van der Waals surface area contributed by atoms with Gasteiger partial charge in [0.2, 0.25) is 0 Å². The second-order valence-corrected chi connectivity index (χ2v) is 3.55. The van der Waals surface area contributed by atoms with Crippen LogP contribution in [0.15, 0.2) is 18.2 Å². The van der Waals surface area contributed by atoms with E-state index in [1.807, 2.05) is 0 Å². The second-order valence-electron chi connectivity index (χ2n) is 3.55. The number of phenolic OH excluding ortho intramolecular Hbond substituents is 1. The van der Waals surface area contributed by atoms with E-state index in [4.69, 9.17) is 15.6 Å². The van der Waals surface area contributed by atoms with Gasteiger partial charge in [-0.1, -0.05) is 0 Å². The van der Waals surface area contributed by atoms with Crippen LogP contribution >= 0.6 is 0 Å². The molecule has 16 heavy (non-hydrogen) atoms. The SMILES string of the molecule is C[C@@H](O)CCOC(=O)c1cc(N)ccc1O. The average molecular weight is 225 g/mol. The van der Waals surface area contributed by atoms with Crippen LogP contribution in [-0.2, 0) is 4.74 Å². The van der Waals surface area contributed by atoms with Gasteiger partial charge in [-0.3, -0.25) is 0 Å². The third-order valence-electron chi connectivity index (χ3n) is 2.01. The summed E-state index contributed by atoms with van der Waals surface area (Å²) in [5.41, 5.74) is 5.89. The first-order valence-electron chi connectivity index (χ1n) is 4.94. The Morgan fingerprint density at radius 2 is 2.25 bits per heavy atom. The minimum absolute atomic E-state index is 0.0330. The quantitative estimate of drug-likeness (QED) is 0.402. The minimum Gasteiger partial charge on any atom is -0.507 e. The molecule has 0 aliphatic carbocycles. The number of esters is 1. The number of carbonyl (C=O) groups is 1. The van der Waals surface area contributed by atoms with Gasteiger partial charge < -0.3 is 20.7 Å². The Bertz CT molecular complexity index is 376. The second kappa shape index (κ2) is 5.37. The minimum atomic E-state index is -0.648. The lowest BCUT2D eigenvalue weighted by Gasteiger charge is -2.08. The summed E-state index contributed by atoms with van der Waals surface area (Å²) in [6.45, 7) is 1.70. The lowest BCUT2D eigenvalue weighted by atomic mass is 10.2. The van der Waals surface area contributed by atoms with Gasteiger partial charge in [-0.15, -0.1) is 0 Å². The molecule has 0 aromatic heterocycles. The molecule has 0 bridgehead atoms. The molecule has 1 aromatic carbocycles. The fourth-order valence-corrected chi connectivity index (χ4v) is 1.12. The van der Waals surface area contributed by atoms with Gasteiger partial charge in [-0.2, -0.15) is 0 Å². The van der Waals surface area contributed by atoms with Crippen LogP contribution in [0.3, 0.4) is 0 Å². The van der Waals surface area contributed by atoms with E-state index in [0.717, 1.165) is 0 Å². The van der Waals surface area contributed by atoms with E-state index >= 15 is 0 Å². The van der Waals surface area contributed by atoms with Crippen LogP contribution in [-0.4, -0.2) is 28.9 Å². The number of nitrogens with two attached hydrogens (primary N) is 1. The van der Waals surface area contributed by atoms with Crippen molar-refractivity contribution in [1.29, 1.82) is 0 Å². The molecule has 1 atom stereocenters. The molecule has 0 aliphatic rings. The van der Waals surface area contributed by atoms with Gasteiger partial charge in [0.25, 0.3) is 0 Å². The van der Waals surface area contributed by atoms with Crippen LogP contribution < -0.4 is 5.73 Å². The van der Waals surface area contributed by atoms with E-state index in [9.17, 15) is 9.90 Å². The lowest BCUT2D eigenvalue weighted by Crippen LogP contribution is -2.11. The first-order chi connectivity index (χ1) is 7.50. The van der Waals surface area contributed by atoms with Crippen LogP contribution in [0.4, 0.5) is 5.69 Å². The number of hydrogen-bond acceptors (Lipinski definition) is 5. The van der Waals surface area contributed by atoms with Gasteiger partial charge >= 0.3 is 5.97 Å². The number of carbonyl (C=O) groups excluding carboxylic acids is 1. The summed E-state index contributed by atoms with van der Waals surface area (Å²) < 4.78 is 4.86. The number of anilines is 1. The van der Waals surface area contributed by atoms with Gasteiger partial charge in [-0.05, 0) is 25.1 Å². The standard InChI is InChI=1S/C11H15NO4/c1-7(13)4-5-16-11(15)9-6-8(12)2-3-10(9)14/h2-3,6-7,13-14H,4-5,12H2,1H3/t7-/m1/s1. The number of hydrogen-bond donors (Lipinski definition) is 3. The van der Waals surface area contributed by atoms with Gasteiger partial charge in [0, 0.05) is 12.1 Å². The predicted octanol–water partition coefficient (Wildman–Crippen LogP) is 0.902. The highest BCUT2D eigenvalue weighted by molar-refractivity contribution is 5.93. The van der Waals surface area contributed by atoms with Crippen molar-refractivity contribution >= 4 is 11.7 Å². The number of aliphatic hydroxyl groups is 1. The van der Waals surface area contributed by atoms with Gasteiger partial charge in [0.1, 0.15) is 11.3 Å². The molecule has 0 radical (unpaired) electrons. The van der Waals surface area contributed by atoms with Crippen molar-refractivity contribution in [2.45, 2.75) is 19.4 Å². The molecular formula is C11H15NO4. The molecule has 0 heterocycles. The molecule has 0 fully saturated rings. The molecule has 0 unspecified atom stereocenters. The van der Waals surface area contributed by atoms with Crippen LogP contribution in [0.1, 0.15) is 23.7 Å². The molecule has 1 rings (SSSR count). The monoisotopic (exact) mass is 225 g/mol. The molecule has 0 saturated carbocycles. The lowest BCUT2D eigenvalue weighted by molar-refractivity contribution is 0.0441. The van der Waals surface area contributed by atoms with Gasteiger partial charge in [-0.25, -0.2) is 4.79 Å². The highest BCUT2D eigenvalue weighted by Crippen LogP contribution is 2.20. The van der Waals surface area contributed by atoms with Crippen LogP contribution in [0.2, 0.25) is 0 Å². The van der Waals surface area contributed by atoms with Gasteiger partial charge in [0.05, 0.1) is 12.7 Å². The van der Waals surface area contributed by atoms with E-state index in [1.165, 1.54) is 18.2 Å². The molecule has 5 nitrogen and oxygen atoms in total. The first kappa shape index (κ1) is 12.3. The van der Waals surface area contributed by atoms with Crippen LogP contribution in [0.5, 0.6) is 5.75 Å². The number of benzene rings is 1. The molecule has 0 aliphatic heterocycles. The fraction of sp³-hybridized carbons (Fsp3) is 0.364. The highest BCUT2D eigenvalue weighted by Gasteiger charge is 2.13. The van der Waals surface area contributed by atoms with E-state index in [2.05, 4.69) is 0 Å². The summed E-state index contributed by atoms with van der Waals surface area (Å²) in [6.07, 6.45) is -0.170. The summed E-state index contributed by atoms with van der Waals surface area (Å²) in [7, 11) is 0. The maximum Gasteiger partial charge on any atom is 0.341 e. The number of aliphatic hydroxyl groups excluding tert-OH is 1. The van der Waals surface area contributed by atoms with E-state index in [1.54, 1.807) is 6.92 Å². The zero-order valence-electron chi connectivity index (χ0n) is 9.01. The number of rotatable bonds is 4. The third-order valence-corrected chi connectivity index (χ3v) is 2.01. The maximum atomic E-state index is 11.5. The highest BCUT2D eigenvalue weighted by atomic mass is 16.5. The number of ether oxygens (including phenoxy) is 1. The normalized spacial score (nSPS) is 12.1. The Kier molecular flexibility index (Phi) is 4.13. The van der Waals surface area contributed by atoms with Crippen LogP contribution in [0.25, 0.3) is 0 Å². The van der Waals surface area contributed by atoms with Crippen molar-refractivity contribution in [2.24, 2.45) is 0 Å². The largest absolute Gasteiger partial charge is 0.507 e. The summed E-state index contributed by atoms with van der Waals surface area (Å²) >= 11 is 0. The van der Waals surface area contributed by atoms with E-state index in [0.29, 0.717) is 12.1 Å². The molecular weight excluding hydrogens is 210 g/mol. The first-order valence-corrected chi connectivity index (χ1v) is 4.94. The predicted molar refractivity (Wildman–Crippen MR) is 59.1 cm³/mol. The number of phenols is 1. The number of aromatic hydroxyl groups is 1. The summed E-state index contributed by atoms with van der Waals surface area (Å²) in [4.78, 5) is 11.5. The molecule has 1 aromatic rings. The van der Waals surface area contributed by atoms with Crippen molar-refractivity contribution in [3.63, 3.8) is 0 Å². The Labute approximate surface area is 93.5 Å². The summed E-state index contributed by atoms with van der Waals surface area (Å²) in [6, 6.07) is 4.17. The van der Waals surface area contributed by atoms with Crippen molar-refractivity contribution in [3.05, 3.63) is 23.8 Å². The number of nitrogen functional groups attached to an aromatic ring is 1. The molecule has 0 spiro atoms. The van der Waals surface area contributed by atoms with Crippen molar-refractivity contribution in [2.75, 3.05) is 12.3 Å². The van der Waals surface area contributed by atoms with Gasteiger partial charge in [0.15, 0.2) is 0 Å². The van der Waals surface area contributed by atoms with Crippen molar-refractivity contribution in [3.8, 4) is 5.75 Å².